The van der Waals surface area contributed by atoms with Crippen molar-refractivity contribution in [1.29, 1.82) is 0 Å². The molecule has 246 valence electrons. The van der Waals surface area contributed by atoms with Gasteiger partial charge < -0.3 is 19.7 Å². The molecule has 0 bridgehead atoms. The van der Waals surface area contributed by atoms with Crippen molar-refractivity contribution >= 4 is 39.1 Å². The fourth-order valence-corrected chi connectivity index (χ4v) is 7.97. The molecule has 7 rings (SSSR count). The number of benzene rings is 2. The number of nitrogens with one attached hydrogen (secondary N) is 1. The second-order valence-corrected chi connectivity index (χ2v) is 13.3. The molecular weight excluding hydrogens is 629 g/mol. The zero-order valence-electron chi connectivity index (χ0n) is 26.4. The smallest absolute Gasteiger partial charge is 0.319 e. The summed E-state index contributed by atoms with van der Waals surface area (Å²) in [5, 5.41) is 5.16. The molecule has 3 aliphatic rings. The van der Waals surface area contributed by atoms with Crippen LogP contribution in [0, 0.1) is 24.0 Å². The number of nitrogens with zero attached hydrogens (tertiary/aromatic N) is 5. The van der Waals surface area contributed by atoms with E-state index in [0.29, 0.717) is 66.2 Å². The number of ether oxygens (including phenoxy) is 2. The van der Waals surface area contributed by atoms with Crippen LogP contribution in [-0.4, -0.2) is 90.1 Å². The Morgan fingerprint density at radius 2 is 2.04 bits per heavy atom. The van der Waals surface area contributed by atoms with Gasteiger partial charge in [-0.15, -0.1) is 6.42 Å². The minimum Gasteiger partial charge on any atom is -0.461 e. The highest BCUT2D eigenvalue weighted by molar-refractivity contribution is 6.32. The largest absolute Gasteiger partial charge is 0.461 e. The number of anilines is 1. The van der Waals surface area contributed by atoms with E-state index in [4.69, 9.17) is 32.5 Å². The van der Waals surface area contributed by atoms with Crippen molar-refractivity contribution in [2.75, 3.05) is 57.9 Å². The number of terminal acetylenes is 1. The summed E-state index contributed by atoms with van der Waals surface area (Å²) in [7, 11) is 1.67. The first-order chi connectivity index (χ1) is 22.7. The molecule has 0 saturated carbocycles. The maximum Gasteiger partial charge on any atom is 0.319 e. The molecule has 3 saturated heterocycles. The van der Waals surface area contributed by atoms with Gasteiger partial charge in [-0.25, -0.2) is 13.2 Å². The van der Waals surface area contributed by atoms with Gasteiger partial charge in [-0.05, 0) is 49.4 Å². The molecule has 8 nitrogen and oxygen atoms in total. The van der Waals surface area contributed by atoms with Crippen LogP contribution in [0.2, 0.25) is 5.02 Å². The molecule has 3 aliphatic heterocycles. The quantitative estimate of drug-likeness (QED) is 0.233. The van der Waals surface area contributed by atoms with E-state index in [9.17, 15) is 8.78 Å². The van der Waals surface area contributed by atoms with Crippen molar-refractivity contribution in [3.05, 3.63) is 52.7 Å². The normalized spacial score (nSPS) is 24.6. The lowest BCUT2D eigenvalue weighted by molar-refractivity contribution is 0.101. The van der Waals surface area contributed by atoms with E-state index in [1.54, 1.807) is 19.2 Å². The number of hydrogen-bond donors (Lipinski definition) is 1. The number of methoxy groups -OCH3 is 1. The summed E-state index contributed by atoms with van der Waals surface area (Å²) in [4.78, 5) is 18.2. The standard InChI is InChI=1S/C35H36ClF3N6O2/c1-4-24-27(38)8-7-21-13-22(36)14-25(28(21)24)30-29(39)31-26(16-40-30)32(44-12-10-41-34(5-2,18-44)19-46-3)43-33(42-31)47-20-35-9-6-11-45(35)17-23(37)15-35/h1,7-8,13-14,16,23,41H,5-6,9-12,15,17-20H2,2-3H3/t23-,34-,35+/m1/s1. The molecule has 5 heterocycles. The van der Waals surface area contributed by atoms with Crippen LogP contribution < -0.4 is 15.0 Å². The van der Waals surface area contributed by atoms with Crippen molar-refractivity contribution in [2.24, 2.45) is 0 Å². The molecule has 0 radical (unpaired) electrons. The lowest BCUT2D eigenvalue weighted by Crippen LogP contribution is -2.62. The van der Waals surface area contributed by atoms with Gasteiger partial charge in [0.25, 0.3) is 0 Å². The number of rotatable bonds is 8. The zero-order valence-corrected chi connectivity index (χ0v) is 27.1. The summed E-state index contributed by atoms with van der Waals surface area (Å²) >= 11 is 6.46. The number of aromatic nitrogens is 3. The Balaban J connectivity index is 1.38. The second kappa shape index (κ2) is 12.4. The predicted octanol–water partition coefficient (Wildman–Crippen LogP) is 5.92. The number of alkyl halides is 1. The van der Waals surface area contributed by atoms with Gasteiger partial charge in [0.15, 0.2) is 5.82 Å². The van der Waals surface area contributed by atoms with Gasteiger partial charge in [0.2, 0.25) is 0 Å². The van der Waals surface area contributed by atoms with Crippen LogP contribution in [0.1, 0.15) is 38.2 Å². The minimum atomic E-state index is -0.924. The van der Waals surface area contributed by atoms with Gasteiger partial charge in [0.05, 0.1) is 28.6 Å². The maximum absolute atomic E-state index is 16.9. The van der Waals surface area contributed by atoms with Crippen molar-refractivity contribution in [3.8, 4) is 29.6 Å². The molecule has 1 N–H and O–H groups in total. The first-order valence-electron chi connectivity index (χ1n) is 16.0. The minimum absolute atomic E-state index is 0.00855. The molecule has 2 aromatic carbocycles. The summed E-state index contributed by atoms with van der Waals surface area (Å²) in [5.74, 6) is 1.52. The first-order valence-corrected chi connectivity index (χ1v) is 16.3. The molecular formula is C35H36ClF3N6O2. The number of halogens is 4. The first kappa shape index (κ1) is 31.9. The molecule has 3 atom stereocenters. The van der Waals surface area contributed by atoms with Crippen LogP contribution in [0.25, 0.3) is 32.9 Å². The van der Waals surface area contributed by atoms with Crippen molar-refractivity contribution in [3.63, 3.8) is 0 Å². The third-order valence-electron chi connectivity index (χ3n) is 10.1. The fraction of sp³-hybridized carbons (Fsp3) is 0.457. The third kappa shape index (κ3) is 5.55. The molecule has 0 spiro atoms. The van der Waals surface area contributed by atoms with Gasteiger partial charge in [-0.1, -0.05) is 30.5 Å². The Labute approximate surface area is 276 Å². The Morgan fingerprint density at radius 3 is 2.83 bits per heavy atom. The zero-order chi connectivity index (χ0) is 32.9. The summed E-state index contributed by atoms with van der Waals surface area (Å²) < 4.78 is 58.2. The molecule has 47 heavy (non-hydrogen) atoms. The fourth-order valence-electron chi connectivity index (χ4n) is 7.74. The third-order valence-corrected chi connectivity index (χ3v) is 10.3. The molecule has 0 aliphatic carbocycles. The summed E-state index contributed by atoms with van der Waals surface area (Å²) in [5.41, 5.74) is -0.655. The van der Waals surface area contributed by atoms with Crippen molar-refractivity contribution in [2.45, 2.75) is 49.9 Å². The molecule has 3 fully saturated rings. The van der Waals surface area contributed by atoms with Gasteiger partial charge in [-0.3, -0.25) is 9.88 Å². The average molecular weight is 665 g/mol. The van der Waals surface area contributed by atoms with E-state index >= 15 is 4.39 Å². The highest BCUT2D eigenvalue weighted by Gasteiger charge is 2.49. The van der Waals surface area contributed by atoms with E-state index in [-0.39, 0.29) is 40.5 Å². The van der Waals surface area contributed by atoms with Crippen LogP contribution in [0.15, 0.2) is 30.5 Å². The number of hydrogen-bond acceptors (Lipinski definition) is 8. The van der Waals surface area contributed by atoms with Crippen LogP contribution in [0.4, 0.5) is 19.0 Å². The van der Waals surface area contributed by atoms with E-state index in [2.05, 4.69) is 37.9 Å². The van der Waals surface area contributed by atoms with Crippen LogP contribution in [-0.2, 0) is 4.74 Å². The van der Waals surface area contributed by atoms with Gasteiger partial charge in [0.1, 0.15) is 35.6 Å². The topological polar surface area (TPSA) is 75.6 Å². The van der Waals surface area contributed by atoms with E-state index in [0.717, 1.165) is 25.8 Å². The second-order valence-electron chi connectivity index (χ2n) is 12.9. The number of pyridine rings is 1. The highest BCUT2D eigenvalue weighted by Crippen LogP contribution is 2.42. The number of piperazine rings is 1. The molecule has 4 aromatic rings. The van der Waals surface area contributed by atoms with Gasteiger partial charge in [0, 0.05) is 61.9 Å². The summed E-state index contributed by atoms with van der Waals surface area (Å²) in [6.07, 6.45) is 9.25. The SMILES string of the molecule is C#Cc1c(F)ccc2cc(Cl)cc(-c3ncc4c(N5CCN[C@@](CC)(COC)C5)nc(OC[C@@]56CCCN5C[C@H](F)C6)nc4c3F)c12. The maximum atomic E-state index is 16.9. The van der Waals surface area contributed by atoms with Crippen LogP contribution in [0.3, 0.4) is 0 Å². The van der Waals surface area contributed by atoms with E-state index < -0.39 is 23.3 Å². The van der Waals surface area contributed by atoms with E-state index in [1.165, 1.54) is 18.3 Å². The van der Waals surface area contributed by atoms with Crippen molar-refractivity contribution in [1.82, 2.24) is 25.2 Å². The highest BCUT2D eigenvalue weighted by atomic mass is 35.5. The van der Waals surface area contributed by atoms with Crippen LogP contribution in [0.5, 0.6) is 6.01 Å². The average Bonchev–Trinajstić information content (AvgIpc) is 3.59. The van der Waals surface area contributed by atoms with Crippen molar-refractivity contribution < 1.29 is 22.6 Å². The Morgan fingerprint density at radius 1 is 1.19 bits per heavy atom. The lowest BCUT2D eigenvalue weighted by atomic mass is 9.94. The van der Waals surface area contributed by atoms with E-state index in [1.807, 2.05) is 0 Å². The summed E-state index contributed by atoms with van der Waals surface area (Å²) in [6, 6.07) is 5.98. The Bertz CT molecular complexity index is 1900. The molecule has 0 amide bonds. The molecule has 0 unspecified atom stereocenters. The molecule has 2 aromatic heterocycles. The Hall–Kier alpha value is -3.69. The van der Waals surface area contributed by atoms with Gasteiger partial charge in [-0.2, -0.15) is 9.97 Å². The monoisotopic (exact) mass is 664 g/mol. The van der Waals surface area contributed by atoms with Gasteiger partial charge >= 0.3 is 6.01 Å². The molecule has 12 heteroatoms. The number of fused-ring (bicyclic) bond motifs is 3. The van der Waals surface area contributed by atoms with Crippen LogP contribution >= 0.6 is 11.6 Å². The Kier molecular flexibility index (Phi) is 8.41. The summed E-state index contributed by atoms with van der Waals surface area (Å²) in [6.45, 7) is 5.72. The lowest BCUT2D eigenvalue weighted by Gasteiger charge is -2.43. The predicted molar refractivity (Wildman–Crippen MR) is 177 cm³/mol.